The maximum atomic E-state index is 11.0. The Labute approximate surface area is 96.3 Å². The highest BCUT2D eigenvalue weighted by Crippen LogP contribution is 2.32. The molecule has 0 aliphatic heterocycles. The number of fused-ring (bicyclic) bond motifs is 1. The molecule has 2 atom stereocenters. The maximum absolute atomic E-state index is 11.0. The highest BCUT2D eigenvalue weighted by atomic mass is 16.4. The molecule has 0 saturated carbocycles. The fourth-order valence-electron chi connectivity index (χ4n) is 2.62. The van der Waals surface area contributed by atoms with E-state index in [4.69, 9.17) is 5.11 Å². The van der Waals surface area contributed by atoms with Crippen molar-refractivity contribution >= 4 is 5.97 Å². The first-order chi connectivity index (χ1) is 7.59. The summed E-state index contributed by atoms with van der Waals surface area (Å²) in [6.45, 7) is 3.95. The van der Waals surface area contributed by atoms with Gasteiger partial charge in [0.25, 0.3) is 0 Å². The van der Waals surface area contributed by atoms with Crippen molar-refractivity contribution in [3.63, 3.8) is 0 Å². The van der Waals surface area contributed by atoms with Gasteiger partial charge < -0.3 is 5.11 Å². The van der Waals surface area contributed by atoms with E-state index >= 15 is 0 Å². The van der Waals surface area contributed by atoms with Gasteiger partial charge in [-0.15, -0.1) is 0 Å². The van der Waals surface area contributed by atoms with Crippen LogP contribution in [0.4, 0.5) is 0 Å². The van der Waals surface area contributed by atoms with Gasteiger partial charge in [-0.05, 0) is 48.8 Å². The predicted molar refractivity (Wildman–Crippen MR) is 63.5 cm³/mol. The van der Waals surface area contributed by atoms with E-state index in [1.54, 1.807) is 0 Å². The van der Waals surface area contributed by atoms with Gasteiger partial charge in [0.05, 0.1) is 5.92 Å². The third-order valence-corrected chi connectivity index (χ3v) is 3.85. The molecule has 0 amide bonds. The highest BCUT2D eigenvalue weighted by Gasteiger charge is 2.28. The normalized spacial score (nSPS) is 21.2. The lowest BCUT2D eigenvalue weighted by molar-refractivity contribution is -0.143. The SMILES string of the molecule is Cc1cccc2c1CC(C(C)C(=O)O)CC2. The van der Waals surface area contributed by atoms with Crippen molar-refractivity contribution in [2.24, 2.45) is 11.8 Å². The molecule has 1 aliphatic carbocycles. The lowest BCUT2D eigenvalue weighted by atomic mass is 9.76. The van der Waals surface area contributed by atoms with Crippen molar-refractivity contribution in [1.82, 2.24) is 0 Å². The first kappa shape index (κ1) is 11.2. The minimum Gasteiger partial charge on any atom is -0.481 e. The van der Waals surface area contributed by atoms with E-state index in [1.165, 1.54) is 16.7 Å². The summed E-state index contributed by atoms with van der Waals surface area (Å²) in [4.78, 5) is 11.0. The number of rotatable bonds is 2. The third kappa shape index (κ3) is 1.97. The summed E-state index contributed by atoms with van der Waals surface area (Å²) in [5.41, 5.74) is 4.10. The van der Waals surface area contributed by atoms with E-state index in [-0.39, 0.29) is 5.92 Å². The Hall–Kier alpha value is -1.31. The summed E-state index contributed by atoms with van der Waals surface area (Å²) in [5, 5.41) is 9.05. The van der Waals surface area contributed by atoms with Crippen LogP contribution >= 0.6 is 0 Å². The second-order valence-corrected chi connectivity index (χ2v) is 4.84. The minimum atomic E-state index is -0.665. The average Bonchev–Trinajstić information content (AvgIpc) is 2.28. The summed E-state index contributed by atoms with van der Waals surface area (Å²) in [6, 6.07) is 6.38. The summed E-state index contributed by atoms with van der Waals surface area (Å²) >= 11 is 0. The zero-order valence-electron chi connectivity index (χ0n) is 9.86. The van der Waals surface area contributed by atoms with Crippen LogP contribution in [0.25, 0.3) is 0 Å². The van der Waals surface area contributed by atoms with Crippen molar-refractivity contribution in [1.29, 1.82) is 0 Å². The first-order valence-electron chi connectivity index (χ1n) is 5.89. The molecule has 16 heavy (non-hydrogen) atoms. The number of carbonyl (C=O) groups is 1. The third-order valence-electron chi connectivity index (χ3n) is 3.85. The molecule has 1 aliphatic rings. The van der Waals surface area contributed by atoms with Gasteiger partial charge in [0.2, 0.25) is 0 Å². The zero-order chi connectivity index (χ0) is 11.7. The second kappa shape index (κ2) is 4.28. The molecule has 1 N–H and O–H groups in total. The molecule has 0 bridgehead atoms. The van der Waals surface area contributed by atoms with E-state index in [0.717, 1.165) is 19.3 Å². The molecule has 86 valence electrons. The Kier molecular flexibility index (Phi) is 2.99. The molecule has 0 saturated heterocycles. The lowest BCUT2D eigenvalue weighted by Gasteiger charge is -2.28. The summed E-state index contributed by atoms with van der Waals surface area (Å²) in [6.07, 6.45) is 2.96. The fraction of sp³-hybridized carbons (Fsp3) is 0.500. The van der Waals surface area contributed by atoms with Gasteiger partial charge in [-0.2, -0.15) is 0 Å². The second-order valence-electron chi connectivity index (χ2n) is 4.84. The number of carboxylic acid groups (broad SMARTS) is 1. The van der Waals surface area contributed by atoms with Crippen molar-refractivity contribution in [2.45, 2.75) is 33.1 Å². The minimum absolute atomic E-state index is 0.229. The van der Waals surface area contributed by atoms with Gasteiger partial charge in [0.1, 0.15) is 0 Å². The van der Waals surface area contributed by atoms with Gasteiger partial charge in [-0.25, -0.2) is 0 Å². The molecule has 1 aromatic rings. The smallest absolute Gasteiger partial charge is 0.306 e. The first-order valence-corrected chi connectivity index (χ1v) is 5.89. The lowest BCUT2D eigenvalue weighted by Crippen LogP contribution is -2.26. The molecule has 1 aromatic carbocycles. The average molecular weight is 218 g/mol. The Morgan fingerprint density at radius 3 is 2.94 bits per heavy atom. The van der Waals surface area contributed by atoms with E-state index in [9.17, 15) is 4.79 Å². The van der Waals surface area contributed by atoms with Gasteiger partial charge in [-0.1, -0.05) is 25.1 Å². The molecule has 2 nitrogen and oxygen atoms in total. The molecule has 2 unspecified atom stereocenters. The van der Waals surface area contributed by atoms with E-state index in [1.807, 2.05) is 6.92 Å². The maximum Gasteiger partial charge on any atom is 0.306 e. The van der Waals surface area contributed by atoms with Crippen LogP contribution in [0, 0.1) is 18.8 Å². The summed E-state index contributed by atoms with van der Waals surface area (Å²) in [5.74, 6) is -0.596. The molecule has 0 spiro atoms. The monoisotopic (exact) mass is 218 g/mol. The van der Waals surface area contributed by atoms with Crippen molar-refractivity contribution in [2.75, 3.05) is 0 Å². The van der Waals surface area contributed by atoms with Crippen molar-refractivity contribution in [3.05, 3.63) is 34.9 Å². The van der Waals surface area contributed by atoms with Crippen molar-refractivity contribution < 1.29 is 9.90 Å². The molecular weight excluding hydrogens is 200 g/mol. The Balaban J connectivity index is 2.23. The number of carboxylic acids is 1. The number of hydrogen-bond acceptors (Lipinski definition) is 1. The molecule has 0 radical (unpaired) electrons. The predicted octanol–water partition coefficient (Wildman–Crippen LogP) is 2.82. The van der Waals surface area contributed by atoms with Crippen LogP contribution in [-0.2, 0) is 17.6 Å². The van der Waals surface area contributed by atoms with Gasteiger partial charge in [0.15, 0.2) is 0 Å². The number of aliphatic carboxylic acids is 1. The molecule has 2 heteroatoms. The topological polar surface area (TPSA) is 37.3 Å². The molecule has 0 fully saturated rings. The van der Waals surface area contributed by atoms with Crippen LogP contribution in [0.5, 0.6) is 0 Å². The summed E-state index contributed by atoms with van der Waals surface area (Å²) < 4.78 is 0. The van der Waals surface area contributed by atoms with Crippen molar-refractivity contribution in [3.8, 4) is 0 Å². The quantitative estimate of drug-likeness (QED) is 0.828. The van der Waals surface area contributed by atoms with E-state index in [0.29, 0.717) is 5.92 Å². The molecular formula is C14H18O2. The van der Waals surface area contributed by atoms with Crippen LogP contribution in [0.15, 0.2) is 18.2 Å². The number of hydrogen-bond donors (Lipinski definition) is 1. The van der Waals surface area contributed by atoms with Gasteiger partial charge >= 0.3 is 5.97 Å². The van der Waals surface area contributed by atoms with Crippen LogP contribution in [0.3, 0.4) is 0 Å². The van der Waals surface area contributed by atoms with Crippen LogP contribution in [0.2, 0.25) is 0 Å². The Morgan fingerprint density at radius 2 is 2.25 bits per heavy atom. The fourth-order valence-corrected chi connectivity index (χ4v) is 2.62. The highest BCUT2D eigenvalue weighted by molar-refractivity contribution is 5.70. The number of aryl methyl sites for hydroxylation is 2. The van der Waals surface area contributed by atoms with E-state index < -0.39 is 5.97 Å². The van der Waals surface area contributed by atoms with Gasteiger partial charge in [0, 0.05) is 0 Å². The molecule has 0 heterocycles. The summed E-state index contributed by atoms with van der Waals surface area (Å²) in [7, 11) is 0. The van der Waals surface area contributed by atoms with Crippen LogP contribution < -0.4 is 0 Å². The largest absolute Gasteiger partial charge is 0.481 e. The molecule has 0 aromatic heterocycles. The zero-order valence-corrected chi connectivity index (χ0v) is 9.86. The van der Waals surface area contributed by atoms with Crippen LogP contribution in [0.1, 0.15) is 30.0 Å². The Morgan fingerprint density at radius 1 is 1.50 bits per heavy atom. The van der Waals surface area contributed by atoms with E-state index in [2.05, 4.69) is 25.1 Å². The number of benzene rings is 1. The van der Waals surface area contributed by atoms with Gasteiger partial charge in [-0.3, -0.25) is 4.79 Å². The Bertz CT molecular complexity index is 409. The standard InChI is InChI=1S/C14H18O2/c1-9-4-3-5-11-6-7-12(8-13(9)11)10(2)14(15)16/h3-5,10,12H,6-8H2,1-2H3,(H,15,16). The van der Waals surface area contributed by atoms with Crippen LogP contribution in [-0.4, -0.2) is 11.1 Å². The molecule has 2 rings (SSSR count).